The molecular formula is C26H30F3N3O7. The molecule has 3 amide bonds. The van der Waals surface area contributed by atoms with Crippen molar-refractivity contribution in [1.82, 2.24) is 10.6 Å². The number of nitrogens with zero attached hydrogens (tertiary/aromatic N) is 1. The van der Waals surface area contributed by atoms with Gasteiger partial charge in [-0.2, -0.15) is 0 Å². The van der Waals surface area contributed by atoms with Gasteiger partial charge in [0.25, 0.3) is 0 Å². The summed E-state index contributed by atoms with van der Waals surface area (Å²) in [6, 6.07) is 5.19. The summed E-state index contributed by atoms with van der Waals surface area (Å²) in [4.78, 5) is 54.3. The van der Waals surface area contributed by atoms with E-state index in [0.717, 1.165) is 6.21 Å². The number of alkyl halides is 3. The monoisotopic (exact) mass is 553 g/mol. The van der Waals surface area contributed by atoms with Gasteiger partial charge in [-0.3, -0.25) is 23.9 Å². The summed E-state index contributed by atoms with van der Waals surface area (Å²) in [5.74, 6) is -4.23. The number of rotatable bonds is 12. The molecule has 1 unspecified atom stereocenters. The van der Waals surface area contributed by atoms with Gasteiger partial charge in [0.1, 0.15) is 6.61 Å². The smallest absolute Gasteiger partial charge is 0.493 e. The minimum absolute atomic E-state index is 0.0407. The molecule has 3 rings (SSSR count). The second-order valence-corrected chi connectivity index (χ2v) is 9.58. The predicted octanol–water partition coefficient (Wildman–Crippen LogP) is 3.43. The molecular weight excluding hydrogens is 523 g/mol. The van der Waals surface area contributed by atoms with E-state index in [1.54, 1.807) is 18.2 Å². The van der Waals surface area contributed by atoms with E-state index in [1.165, 1.54) is 13.2 Å². The zero-order valence-electron chi connectivity index (χ0n) is 21.7. The van der Waals surface area contributed by atoms with Gasteiger partial charge in [0, 0.05) is 24.1 Å². The topological polar surface area (TPSA) is 136 Å². The SMILES string of the molecule is COc1cccc2cc(C(=O)N=CC(CC(C)C)C(=O)N[C@@H](C[C@@H]3CCNC3=O)C(=O)COC(F)(F)F)oc12. The normalized spacial score (nSPS) is 17.4. The maximum absolute atomic E-state index is 13.2. The summed E-state index contributed by atoms with van der Waals surface area (Å²) >= 11 is 0. The third-order valence-corrected chi connectivity index (χ3v) is 6.14. The molecule has 0 spiro atoms. The van der Waals surface area contributed by atoms with Gasteiger partial charge in [0.15, 0.2) is 22.9 Å². The summed E-state index contributed by atoms with van der Waals surface area (Å²) in [7, 11) is 1.46. The van der Waals surface area contributed by atoms with E-state index >= 15 is 0 Å². The third-order valence-electron chi connectivity index (χ3n) is 6.14. The van der Waals surface area contributed by atoms with Crippen LogP contribution in [-0.2, 0) is 19.1 Å². The first kappa shape index (κ1) is 29.8. The van der Waals surface area contributed by atoms with Crippen molar-refractivity contribution >= 4 is 40.7 Å². The molecule has 0 aliphatic carbocycles. The zero-order chi connectivity index (χ0) is 28.7. The number of halogens is 3. The number of carbonyl (C=O) groups excluding carboxylic acids is 4. The second-order valence-electron chi connectivity index (χ2n) is 9.58. The largest absolute Gasteiger partial charge is 0.522 e. The summed E-state index contributed by atoms with van der Waals surface area (Å²) in [6.07, 6.45) is -3.52. The van der Waals surface area contributed by atoms with Crippen LogP contribution in [0.2, 0.25) is 0 Å². The van der Waals surface area contributed by atoms with Gasteiger partial charge >= 0.3 is 12.3 Å². The molecule has 13 heteroatoms. The lowest BCUT2D eigenvalue weighted by molar-refractivity contribution is -0.321. The molecule has 10 nitrogen and oxygen atoms in total. The fraction of sp³-hybridized carbons (Fsp3) is 0.500. The van der Waals surface area contributed by atoms with Crippen LogP contribution in [0.4, 0.5) is 13.2 Å². The first-order valence-electron chi connectivity index (χ1n) is 12.3. The van der Waals surface area contributed by atoms with Crippen LogP contribution in [0.15, 0.2) is 33.7 Å². The Bertz CT molecular complexity index is 1240. The Balaban J connectivity index is 1.77. The van der Waals surface area contributed by atoms with Gasteiger partial charge < -0.3 is 19.8 Å². The van der Waals surface area contributed by atoms with Crippen LogP contribution in [0.25, 0.3) is 11.0 Å². The molecule has 0 bridgehead atoms. The number of furan rings is 1. The Morgan fingerprint density at radius 2 is 2.03 bits per heavy atom. The van der Waals surface area contributed by atoms with Gasteiger partial charge in [-0.25, -0.2) is 4.99 Å². The predicted molar refractivity (Wildman–Crippen MR) is 133 cm³/mol. The van der Waals surface area contributed by atoms with E-state index < -0.39 is 48.4 Å². The first-order chi connectivity index (χ1) is 18.4. The number of nitrogens with one attached hydrogen (secondary N) is 2. The number of carbonyl (C=O) groups is 4. The number of benzene rings is 1. The van der Waals surface area contributed by atoms with Crippen LogP contribution >= 0.6 is 0 Å². The number of amides is 3. The number of fused-ring (bicyclic) bond motifs is 1. The average Bonchev–Trinajstić information content (AvgIpc) is 3.49. The summed E-state index contributed by atoms with van der Waals surface area (Å²) < 4.78 is 52.0. The first-order valence-corrected chi connectivity index (χ1v) is 12.3. The van der Waals surface area contributed by atoms with Crippen molar-refractivity contribution in [3.05, 3.63) is 30.0 Å². The van der Waals surface area contributed by atoms with Crippen molar-refractivity contribution in [1.29, 1.82) is 0 Å². The second kappa shape index (κ2) is 12.9. The van der Waals surface area contributed by atoms with E-state index in [9.17, 15) is 32.3 Å². The van der Waals surface area contributed by atoms with E-state index in [4.69, 9.17) is 9.15 Å². The van der Waals surface area contributed by atoms with Gasteiger partial charge in [0.05, 0.1) is 19.1 Å². The Kier molecular flexibility index (Phi) is 9.84. The molecule has 1 saturated heterocycles. The molecule has 1 aromatic carbocycles. The molecule has 1 aliphatic heterocycles. The average molecular weight is 554 g/mol. The summed E-state index contributed by atoms with van der Waals surface area (Å²) in [5, 5.41) is 5.65. The highest BCUT2D eigenvalue weighted by Crippen LogP contribution is 2.29. The maximum atomic E-state index is 13.2. The maximum Gasteiger partial charge on any atom is 0.522 e. The molecule has 39 heavy (non-hydrogen) atoms. The van der Waals surface area contributed by atoms with Crippen LogP contribution in [-0.4, -0.2) is 62.4 Å². The van der Waals surface area contributed by atoms with Gasteiger partial charge in [-0.15, -0.1) is 13.2 Å². The van der Waals surface area contributed by atoms with Crippen molar-refractivity contribution in [2.75, 3.05) is 20.3 Å². The standard InChI is InChI=1S/C26H30F3N3O7/c1-14(2)9-17(12-31-25(36)21-11-15-5-4-6-20(37-3)22(15)39-21)24(35)32-18(10-16-7-8-30-23(16)34)19(33)13-38-26(27,28)29/h4-6,11-12,14,16-18H,7-10,13H2,1-3H3,(H,30,34)(H,32,35)/t16-,17?,18-/m0/s1. The quantitative estimate of drug-likeness (QED) is 0.384. The molecule has 1 fully saturated rings. The van der Waals surface area contributed by atoms with Crippen LogP contribution in [0.5, 0.6) is 5.75 Å². The molecule has 1 aliphatic rings. The number of Topliss-reactive ketones (excluding diaryl/α,β-unsaturated/α-hetero) is 1. The Labute approximate surface area is 222 Å². The van der Waals surface area contributed by atoms with Crippen molar-refractivity contribution in [2.24, 2.45) is 22.7 Å². The zero-order valence-corrected chi connectivity index (χ0v) is 21.7. The Morgan fingerprint density at radius 1 is 1.28 bits per heavy atom. The Hall–Kier alpha value is -3.74. The number of aliphatic imine (C=N–C) groups is 1. The van der Waals surface area contributed by atoms with Gasteiger partial charge in [-0.1, -0.05) is 26.0 Å². The van der Waals surface area contributed by atoms with Crippen molar-refractivity contribution in [2.45, 2.75) is 45.5 Å². The number of ketones is 1. The van der Waals surface area contributed by atoms with Gasteiger partial charge in [-0.05, 0) is 37.3 Å². The summed E-state index contributed by atoms with van der Waals surface area (Å²) in [6.45, 7) is 2.68. The van der Waals surface area contributed by atoms with Crippen LogP contribution in [0.1, 0.15) is 43.7 Å². The van der Waals surface area contributed by atoms with Crippen LogP contribution in [0, 0.1) is 17.8 Å². The van der Waals surface area contributed by atoms with Crippen molar-refractivity contribution < 1.29 is 46.2 Å². The fourth-order valence-electron chi connectivity index (χ4n) is 4.22. The number of para-hydroxylation sites is 1. The lowest BCUT2D eigenvalue weighted by Crippen LogP contribution is -2.47. The highest BCUT2D eigenvalue weighted by molar-refractivity contribution is 6.04. The molecule has 2 N–H and O–H groups in total. The number of hydrogen-bond donors (Lipinski definition) is 2. The molecule has 2 heterocycles. The summed E-state index contributed by atoms with van der Waals surface area (Å²) in [5.41, 5.74) is 0.355. The van der Waals surface area contributed by atoms with Crippen molar-refractivity contribution in [3.63, 3.8) is 0 Å². The molecule has 0 saturated carbocycles. The van der Waals surface area contributed by atoms with E-state index in [1.807, 2.05) is 13.8 Å². The Morgan fingerprint density at radius 3 is 2.64 bits per heavy atom. The molecule has 212 valence electrons. The van der Waals surface area contributed by atoms with Crippen molar-refractivity contribution in [3.8, 4) is 5.75 Å². The van der Waals surface area contributed by atoms with Crippen LogP contribution < -0.4 is 15.4 Å². The third kappa shape index (κ3) is 8.37. The van der Waals surface area contributed by atoms with E-state index in [2.05, 4.69) is 20.4 Å². The van der Waals surface area contributed by atoms with E-state index in [0.29, 0.717) is 29.7 Å². The lowest BCUT2D eigenvalue weighted by Gasteiger charge is -2.23. The number of hydrogen-bond acceptors (Lipinski definition) is 7. The van der Waals surface area contributed by atoms with E-state index in [-0.39, 0.29) is 30.4 Å². The molecule has 2 aromatic rings. The minimum atomic E-state index is -5.04. The highest BCUT2D eigenvalue weighted by atomic mass is 19.4. The molecule has 1 aromatic heterocycles. The molecule has 3 atom stereocenters. The fourth-order valence-corrected chi connectivity index (χ4v) is 4.22. The van der Waals surface area contributed by atoms with Gasteiger partial charge in [0.2, 0.25) is 11.8 Å². The molecule has 0 radical (unpaired) electrons. The number of ether oxygens (including phenoxy) is 2. The minimum Gasteiger partial charge on any atom is -0.493 e. The lowest BCUT2D eigenvalue weighted by atomic mass is 9.93. The highest BCUT2D eigenvalue weighted by Gasteiger charge is 2.36. The number of methoxy groups -OCH3 is 1. The van der Waals surface area contributed by atoms with Crippen LogP contribution in [0.3, 0.4) is 0 Å².